The van der Waals surface area contributed by atoms with Crippen molar-refractivity contribution in [3.8, 4) is 0 Å². The summed E-state index contributed by atoms with van der Waals surface area (Å²) in [6.07, 6.45) is 2.15. The number of aryl methyl sites for hydroxylation is 1. The zero-order valence-electron chi connectivity index (χ0n) is 11.0. The van der Waals surface area contributed by atoms with Gasteiger partial charge in [0.25, 0.3) is 0 Å². The number of hydrogen-bond donors (Lipinski definition) is 1. The van der Waals surface area contributed by atoms with Gasteiger partial charge in [-0.3, -0.25) is 0 Å². The second kappa shape index (κ2) is 5.52. The Morgan fingerprint density at radius 2 is 1.78 bits per heavy atom. The van der Waals surface area contributed by atoms with Crippen LogP contribution in [0.15, 0.2) is 0 Å². The Kier molecular flexibility index (Phi) is 4.01. The predicted molar refractivity (Wildman–Crippen MR) is 74.2 cm³/mol. The molecule has 0 spiro atoms. The van der Waals surface area contributed by atoms with E-state index in [1.807, 2.05) is 6.92 Å². The van der Waals surface area contributed by atoms with Crippen LogP contribution in [0.4, 0.5) is 5.82 Å². The maximum Gasteiger partial charge on any atom is 0.202 e. The molecule has 0 saturated heterocycles. The van der Waals surface area contributed by atoms with Gasteiger partial charge in [-0.25, -0.2) is 9.97 Å². The fraction of sp³-hybridized carbons (Fsp3) is 0.583. The summed E-state index contributed by atoms with van der Waals surface area (Å²) in [5.41, 5.74) is 1.47. The minimum Gasteiger partial charge on any atom is -0.355 e. The van der Waals surface area contributed by atoms with Crippen LogP contribution in [0.3, 0.4) is 0 Å². The summed E-state index contributed by atoms with van der Waals surface area (Å²) in [7, 11) is 0. The predicted octanol–water partition coefficient (Wildman–Crippen LogP) is 2.94. The highest BCUT2D eigenvalue weighted by atomic mass is 35.5. The number of aromatic nitrogens is 4. The van der Waals surface area contributed by atoms with Gasteiger partial charge in [-0.05, 0) is 31.4 Å². The Labute approximate surface area is 112 Å². The van der Waals surface area contributed by atoms with Crippen molar-refractivity contribution in [2.75, 3.05) is 18.0 Å². The molecule has 0 aliphatic rings. The molecule has 0 fully saturated rings. The Hall–Kier alpha value is -1.36. The van der Waals surface area contributed by atoms with Crippen LogP contribution in [-0.4, -0.2) is 33.0 Å². The van der Waals surface area contributed by atoms with Gasteiger partial charge in [0.15, 0.2) is 11.5 Å². The second-order valence-electron chi connectivity index (χ2n) is 4.31. The number of anilines is 1. The quantitative estimate of drug-likeness (QED) is 0.847. The van der Waals surface area contributed by atoms with E-state index in [0.29, 0.717) is 10.9 Å². The van der Waals surface area contributed by atoms with Crippen LogP contribution in [0, 0.1) is 6.92 Å². The molecular weight excluding hydrogens is 250 g/mol. The van der Waals surface area contributed by atoms with Crippen molar-refractivity contribution in [1.82, 2.24) is 19.9 Å². The molecule has 2 aromatic heterocycles. The molecule has 0 radical (unpaired) electrons. The number of aromatic amines is 1. The molecule has 18 heavy (non-hydrogen) atoms. The van der Waals surface area contributed by atoms with Crippen molar-refractivity contribution in [2.24, 2.45) is 0 Å². The van der Waals surface area contributed by atoms with Crippen molar-refractivity contribution < 1.29 is 0 Å². The first-order valence-electron chi connectivity index (χ1n) is 6.30. The third kappa shape index (κ3) is 2.56. The fourth-order valence-corrected chi connectivity index (χ4v) is 2.23. The number of nitrogens with zero attached hydrogens (tertiary/aromatic N) is 4. The summed E-state index contributed by atoms with van der Waals surface area (Å²) in [6.45, 7) is 8.13. The first kappa shape index (κ1) is 13.1. The highest BCUT2D eigenvalue weighted by Gasteiger charge is 2.15. The molecule has 5 nitrogen and oxygen atoms in total. The molecular formula is C12H18ClN5. The van der Waals surface area contributed by atoms with Gasteiger partial charge in [-0.15, -0.1) is 0 Å². The summed E-state index contributed by atoms with van der Waals surface area (Å²) in [5.74, 6) is 1.62. The van der Waals surface area contributed by atoms with Crippen LogP contribution in [0.5, 0.6) is 0 Å². The molecule has 0 bridgehead atoms. The summed E-state index contributed by atoms with van der Waals surface area (Å²) in [4.78, 5) is 18.3. The molecule has 0 saturated carbocycles. The lowest BCUT2D eigenvalue weighted by molar-refractivity contribution is 0.733. The number of hydrogen-bond acceptors (Lipinski definition) is 4. The van der Waals surface area contributed by atoms with E-state index in [1.165, 1.54) is 0 Å². The van der Waals surface area contributed by atoms with Gasteiger partial charge in [-0.1, -0.05) is 13.8 Å². The maximum atomic E-state index is 5.91. The number of rotatable bonds is 5. The minimum absolute atomic E-state index is 0.360. The van der Waals surface area contributed by atoms with Gasteiger partial charge in [0.1, 0.15) is 11.3 Å². The molecule has 1 N–H and O–H groups in total. The lowest BCUT2D eigenvalue weighted by Gasteiger charge is -2.22. The van der Waals surface area contributed by atoms with Gasteiger partial charge < -0.3 is 9.88 Å². The van der Waals surface area contributed by atoms with Gasteiger partial charge in [0.2, 0.25) is 5.28 Å². The second-order valence-corrected chi connectivity index (χ2v) is 4.67. The van der Waals surface area contributed by atoms with Gasteiger partial charge in [0, 0.05) is 13.1 Å². The number of nitrogens with one attached hydrogen (secondary N) is 1. The van der Waals surface area contributed by atoms with E-state index in [0.717, 1.165) is 43.1 Å². The van der Waals surface area contributed by atoms with Crippen LogP contribution in [0.2, 0.25) is 5.28 Å². The van der Waals surface area contributed by atoms with Crippen LogP contribution in [0.1, 0.15) is 32.5 Å². The molecule has 0 unspecified atom stereocenters. The molecule has 6 heteroatoms. The number of H-pyrrole nitrogens is 1. The van der Waals surface area contributed by atoms with Crippen molar-refractivity contribution in [1.29, 1.82) is 0 Å². The summed E-state index contributed by atoms with van der Waals surface area (Å²) < 4.78 is 0. The first-order chi connectivity index (χ1) is 8.65. The molecule has 0 aliphatic carbocycles. The third-order valence-electron chi connectivity index (χ3n) is 2.70. The summed E-state index contributed by atoms with van der Waals surface area (Å²) >= 11 is 5.91. The average molecular weight is 268 g/mol. The molecule has 0 atom stereocenters. The molecule has 2 heterocycles. The van der Waals surface area contributed by atoms with Crippen LogP contribution < -0.4 is 4.90 Å². The van der Waals surface area contributed by atoms with Gasteiger partial charge in [0.05, 0.1) is 0 Å². The lowest BCUT2D eigenvalue weighted by atomic mass is 10.3. The fourth-order valence-electron chi connectivity index (χ4n) is 2.05. The Morgan fingerprint density at radius 3 is 2.39 bits per heavy atom. The van der Waals surface area contributed by atoms with Crippen molar-refractivity contribution >= 4 is 28.6 Å². The normalized spacial score (nSPS) is 11.1. The zero-order valence-corrected chi connectivity index (χ0v) is 11.8. The van der Waals surface area contributed by atoms with E-state index in [9.17, 15) is 0 Å². The maximum absolute atomic E-state index is 5.91. The van der Waals surface area contributed by atoms with Crippen LogP contribution >= 0.6 is 11.6 Å². The smallest absolute Gasteiger partial charge is 0.202 e. The molecule has 98 valence electrons. The van der Waals surface area contributed by atoms with Gasteiger partial charge in [-0.2, -0.15) is 4.98 Å². The summed E-state index contributed by atoms with van der Waals surface area (Å²) in [5, 5.41) is 0.360. The standard InChI is InChI=1S/C12H18ClN5/c1-4-6-18(7-5-2)11-9-10(14-8(3)15-11)17-12(13)16-9/h4-7H2,1-3H3,(H,14,15,16,17). The molecule has 0 amide bonds. The lowest BCUT2D eigenvalue weighted by Crippen LogP contribution is -2.26. The number of fused-ring (bicyclic) bond motifs is 1. The average Bonchev–Trinajstić information content (AvgIpc) is 2.68. The van der Waals surface area contributed by atoms with E-state index in [1.54, 1.807) is 0 Å². The molecule has 2 rings (SSSR count). The zero-order chi connectivity index (χ0) is 13.1. The largest absolute Gasteiger partial charge is 0.355 e. The third-order valence-corrected chi connectivity index (χ3v) is 2.88. The first-order valence-corrected chi connectivity index (χ1v) is 6.68. The van der Waals surface area contributed by atoms with E-state index >= 15 is 0 Å². The van der Waals surface area contributed by atoms with E-state index in [-0.39, 0.29) is 0 Å². The van der Waals surface area contributed by atoms with Crippen LogP contribution in [0.25, 0.3) is 11.2 Å². The number of halogens is 1. The highest BCUT2D eigenvalue weighted by Crippen LogP contribution is 2.23. The van der Waals surface area contributed by atoms with E-state index < -0.39 is 0 Å². The van der Waals surface area contributed by atoms with Crippen molar-refractivity contribution in [3.63, 3.8) is 0 Å². The SMILES string of the molecule is CCCN(CCC)c1nc(C)nc2nc(Cl)[nH]c12. The van der Waals surface area contributed by atoms with Crippen LogP contribution in [-0.2, 0) is 0 Å². The Bertz CT molecular complexity index is 530. The number of imidazole rings is 1. The summed E-state index contributed by atoms with van der Waals surface area (Å²) in [6, 6.07) is 0. The Morgan fingerprint density at radius 1 is 1.11 bits per heavy atom. The van der Waals surface area contributed by atoms with Crippen molar-refractivity contribution in [3.05, 3.63) is 11.1 Å². The van der Waals surface area contributed by atoms with Crippen molar-refractivity contribution in [2.45, 2.75) is 33.6 Å². The monoisotopic (exact) mass is 267 g/mol. The minimum atomic E-state index is 0.360. The topological polar surface area (TPSA) is 57.7 Å². The van der Waals surface area contributed by atoms with Gasteiger partial charge >= 0.3 is 0 Å². The molecule has 0 aromatic carbocycles. The molecule has 0 aliphatic heterocycles. The molecule has 2 aromatic rings. The van der Waals surface area contributed by atoms with E-state index in [2.05, 4.69) is 38.7 Å². The van der Waals surface area contributed by atoms with E-state index in [4.69, 9.17) is 11.6 Å². The Balaban J connectivity index is 2.52. The highest BCUT2D eigenvalue weighted by molar-refractivity contribution is 6.29.